The van der Waals surface area contributed by atoms with Crippen LogP contribution in [0.25, 0.3) is 4.85 Å². The van der Waals surface area contributed by atoms with Gasteiger partial charge < -0.3 is 14.3 Å². The van der Waals surface area contributed by atoms with Crippen molar-refractivity contribution in [2.45, 2.75) is 45.8 Å². The molecule has 0 aliphatic carbocycles. The standard InChI is InChI=1S/C12H17NO4/c1-5-12(2,3)11(15)16-7-8-6-9(13-4)10(14)17-8/h8-9H,5-7H2,1-3H3. The lowest BCUT2D eigenvalue weighted by molar-refractivity contribution is -0.160. The molecule has 5 heteroatoms. The number of hydrogen-bond donors (Lipinski definition) is 0. The lowest BCUT2D eigenvalue weighted by Gasteiger charge is -2.21. The van der Waals surface area contributed by atoms with Crippen LogP contribution in [-0.2, 0) is 19.1 Å². The summed E-state index contributed by atoms with van der Waals surface area (Å²) in [5.74, 6) is -0.821. The van der Waals surface area contributed by atoms with Crippen LogP contribution in [0.5, 0.6) is 0 Å². The summed E-state index contributed by atoms with van der Waals surface area (Å²) in [5, 5.41) is 0. The van der Waals surface area contributed by atoms with Crippen molar-refractivity contribution in [1.29, 1.82) is 0 Å². The minimum Gasteiger partial charge on any atom is -0.461 e. The van der Waals surface area contributed by atoms with Gasteiger partial charge in [-0.1, -0.05) is 6.92 Å². The van der Waals surface area contributed by atoms with Gasteiger partial charge in [-0.3, -0.25) is 4.79 Å². The zero-order valence-electron chi connectivity index (χ0n) is 10.4. The van der Waals surface area contributed by atoms with E-state index in [0.717, 1.165) is 0 Å². The fourth-order valence-corrected chi connectivity index (χ4v) is 1.35. The Labute approximate surface area is 101 Å². The van der Waals surface area contributed by atoms with Crippen LogP contribution in [0, 0.1) is 12.0 Å². The summed E-state index contributed by atoms with van der Waals surface area (Å²) in [5.41, 5.74) is -0.526. The molecular formula is C12H17NO4. The summed E-state index contributed by atoms with van der Waals surface area (Å²) in [7, 11) is 0. The van der Waals surface area contributed by atoms with Gasteiger partial charge in [0, 0.05) is 0 Å². The largest absolute Gasteiger partial charge is 0.461 e. The third-order valence-corrected chi connectivity index (χ3v) is 3.03. The molecule has 17 heavy (non-hydrogen) atoms. The van der Waals surface area contributed by atoms with Gasteiger partial charge in [0.2, 0.25) is 0 Å². The van der Waals surface area contributed by atoms with Gasteiger partial charge in [0.15, 0.2) is 0 Å². The van der Waals surface area contributed by atoms with Crippen molar-refractivity contribution in [2.75, 3.05) is 6.61 Å². The van der Waals surface area contributed by atoms with Gasteiger partial charge in [0.1, 0.15) is 12.7 Å². The third kappa shape index (κ3) is 3.19. The Morgan fingerprint density at radius 3 is 2.76 bits per heavy atom. The molecule has 0 saturated carbocycles. The van der Waals surface area contributed by atoms with Crippen molar-refractivity contribution in [1.82, 2.24) is 0 Å². The number of nitrogens with zero attached hydrogens (tertiary/aromatic N) is 1. The first-order valence-electron chi connectivity index (χ1n) is 5.65. The quantitative estimate of drug-likeness (QED) is 0.552. The number of ether oxygens (including phenoxy) is 2. The molecule has 0 aromatic rings. The molecule has 94 valence electrons. The van der Waals surface area contributed by atoms with Crippen molar-refractivity contribution < 1.29 is 19.1 Å². The van der Waals surface area contributed by atoms with E-state index in [9.17, 15) is 9.59 Å². The normalized spacial score (nSPS) is 24.0. The molecule has 0 N–H and O–H groups in total. The molecule has 1 rings (SSSR count). The van der Waals surface area contributed by atoms with Crippen LogP contribution in [0.3, 0.4) is 0 Å². The van der Waals surface area contributed by atoms with E-state index in [0.29, 0.717) is 12.8 Å². The van der Waals surface area contributed by atoms with Crippen molar-refractivity contribution in [3.63, 3.8) is 0 Å². The zero-order valence-corrected chi connectivity index (χ0v) is 10.4. The van der Waals surface area contributed by atoms with Gasteiger partial charge in [0.25, 0.3) is 0 Å². The molecule has 1 saturated heterocycles. The molecule has 2 atom stereocenters. The first-order chi connectivity index (χ1) is 7.90. The van der Waals surface area contributed by atoms with Gasteiger partial charge in [-0.25, -0.2) is 11.4 Å². The molecular weight excluding hydrogens is 222 g/mol. The maximum atomic E-state index is 11.7. The van der Waals surface area contributed by atoms with Crippen LogP contribution < -0.4 is 0 Å². The number of hydrogen-bond acceptors (Lipinski definition) is 4. The summed E-state index contributed by atoms with van der Waals surface area (Å²) in [4.78, 5) is 25.9. The molecule has 0 aromatic heterocycles. The maximum Gasteiger partial charge on any atom is 0.390 e. The summed E-state index contributed by atoms with van der Waals surface area (Å²) in [6, 6.07) is -0.738. The van der Waals surface area contributed by atoms with Gasteiger partial charge >= 0.3 is 18.0 Å². The van der Waals surface area contributed by atoms with Crippen LogP contribution in [0.2, 0.25) is 0 Å². The number of esters is 2. The lowest BCUT2D eigenvalue weighted by atomic mass is 9.91. The fourth-order valence-electron chi connectivity index (χ4n) is 1.35. The molecule has 0 radical (unpaired) electrons. The summed E-state index contributed by atoms with van der Waals surface area (Å²) < 4.78 is 10.0. The topological polar surface area (TPSA) is 57.0 Å². The van der Waals surface area contributed by atoms with E-state index in [-0.39, 0.29) is 12.6 Å². The Hall–Kier alpha value is -1.57. The molecule has 0 amide bonds. The van der Waals surface area contributed by atoms with Gasteiger partial charge in [-0.15, -0.1) is 0 Å². The Morgan fingerprint density at radius 2 is 2.29 bits per heavy atom. The number of cyclic esters (lactones) is 1. The van der Waals surface area contributed by atoms with E-state index in [1.54, 1.807) is 13.8 Å². The van der Waals surface area contributed by atoms with Crippen LogP contribution in [0.4, 0.5) is 0 Å². The van der Waals surface area contributed by atoms with Crippen molar-refractivity contribution >= 4 is 11.9 Å². The van der Waals surface area contributed by atoms with E-state index >= 15 is 0 Å². The first kappa shape index (κ1) is 13.5. The molecule has 0 aromatic carbocycles. The first-order valence-corrected chi connectivity index (χ1v) is 5.65. The van der Waals surface area contributed by atoms with Crippen LogP contribution >= 0.6 is 0 Å². The lowest BCUT2D eigenvalue weighted by Crippen LogP contribution is -2.29. The smallest absolute Gasteiger partial charge is 0.390 e. The molecule has 0 spiro atoms. The minimum absolute atomic E-state index is 0.0417. The average Bonchev–Trinajstić information content (AvgIpc) is 2.66. The average molecular weight is 239 g/mol. The zero-order chi connectivity index (χ0) is 13.1. The number of rotatable bonds is 4. The van der Waals surface area contributed by atoms with Crippen molar-refractivity contribution in [2.24, 2.45) is 5.41 Å². The predicted molar refractivity (Wildman–Crippen MR) is 59.9 cm³/mol. The number of carbonyl (C=O) groups excluding carboxylic acids is 2. The van der Waals surface area contributed by atoms with E-state index in [1.807, 2.05) is 6.92 Å². The Kier molecular flexibility index (Phi) is 4.11. The second-order valence-electron chi connectivity index (χ2n) is 4.78. The predicted octanol–water partition coefficient (Wildman–Crippen LogP) is 1.57. The van der Waals surface area contributed by atoms with E-state index in [4.69, 9.17) is 16.0 Å². The molecule has 1 fully saturated rings. The molecule has 1 aliphatic rings. The second-order valence-corrected chi connectivity index (χ2v) is 4.78. The van der Waals surface area contributed by atoms with Gasteiger partial charge in [0.05, 0.1) is 11.8 Å². The van der Waals surface area contributed by atoms with Gasteiger partial charge in [-0.2, -0.15) is 0 Å². The van der Waals surface area contributed by atoms with Crippen molar-refractivity contribution in [3.8, 4) is 0 Å². The SMILES string of the molecule is [C-]#[N+]C1CC(COC(=O)C(C)(C)CC)OC1=O. The monoisotopic (exact) mass is 239 g/mol. The minimum atomic E-state index is -0.738. The van der Waals surface area contributed by atoms with Crippen molar-refractivity contribution in [3.05, 3.63) is 11.4 Å². The third-order valence-electron chi connectivity index (χ3n) is 3.03. The molecule has 1 aliphatic heterocycles. The maximum absolute atomic E-state index is 11.7. The van der Waals surface area contributed by atoms with Crippen LogP contribution in [0.15, 0.2) is 0 Å². The van der Waals surface area contributed by atoms with E-state index in [1.165, 1.54) is 0 Å². The highest BCUT2D eigenvalue weighted by Gasteiger charge is 2.40. The van der Waals surface area contributed by atoms with Crippen LogP contribution in [0.1, 0.15) is 33.6 Å². The highest BCUT2D eigenvalue weighted by atomic mass is 16.6. The number of carbonyl (C=O) groups is 2. The molecule has 2 unspecified atom stereocenters. The van der Waals surface area contributed by atoms with Gasteiger partial charge in [-0.05, 0) is 20.3 Å². The molecule has 0 bridgehead atoms. The Morgan fingerprint density at radius 1 is 1.65 bits per heavy atom. The Balaban J connectivity index is 2.41. The summed E-state index contributed by atoms with van der Waals surface area (Å²) in [6.07, 6.45) is 0.515. The van der Waals surface area contributed by atoms with E-state index < -0.39 is 23.5 Å². The highest BCUT2D eigenvalue weighted by Crippen LogP contribution is 2.23. The second kappa shape index (κ2) is 5.17. The van der Waals surface area contributed by atoms with Crippen LogP contribution in [-0.4, -0.2) is 30.7 Å². The summed E-state index contributed by atoms with van der Waals surface area (Å²) in [6.45, 7) is 12.3. The Bertz CT molecular complexity index is 356. The highest BCUT2D eigenvalue weighted by molar-refractivity contribution is 5.80. The van der Waals surface area contributed by atoms with E-state index in [2.05, 4.69) is 4.85 Å². The molecule has 1 heterocycles. The molecule has 5 nitrogen and oxygen atoms in total. The summed E-state index contributed by atoms with van der Waals surface area (Å²) >= 11 is 0. The fraction of sp³-hybridized carbons (Fsp3) is 0.750.